The van der Waals surface area contributed by atoms with E-state index >= 15 is 0 Å². The lowest BCUT2D eigenvalue weighted by atomic mass is 10.1. The fourth-order valence-electron chi connectivity index (χ4n) is 2.49. The summed E-state index contributed by atoms with van der Waals surface area (Å²) in [5, 5.41) is 5.42. The van der Waals surface area contributed by atoms with Gasteiger partial charge in [0, 0.05) is 19.2 Å². The van der Waals surface area contributed by atoms with Crippen LogP contribution in [0, 0.1) is 5.82 Å². The van der Waals surface area contributed by atoms with Crippen molar-refractivity contribution >= 4 is 12.0 Å². The Labute approximate surface area is 150 Å². The number of carbonyl (C=O) groups is 1. The quantitative estimate of drug-likeness (QED) is 0.736. The van der Waals surface area contributed by atoms with E-state index in [2.05, 4.69) is 15.6 Å². The Kier molecular flexibility index (Phi) is 5.17. The van der Waals surface area contributed by atoms with Gasteiger partial charge in [-0.2, -0.15) is 0 Å². The van der Waals surface area contributed by atoms with Crippen LogP contribution in [0.25, 0.3) is 11.3 Å². The average molecular weight is 354 g/mol. The maximum atomic E-state index is 12.9. The van der Waals surface area contributed by atoms with Gasteiger partial charge in [0.15, 0.2) is 0 Å². The highest BCUT2D eigenvalue weighted by atomic mass is 19.1. The van der Waals surface area contributed by atoms with Crippen LogP contribution in [0.5, 0.6) is 5.75 Å². The lowest BCUT2D eigenvalue weighted by molar-refractivity contribution is 0.251. The Bertz CT molecular complexity index is 889. The molecule has 0 aliphatic heterocycles. The number of imidazole rings is 1. The molecule has 0 spiro atoms. The minimum Gasteiger partial charge on any atom is -0.497 e. The molecule has 134 valence electrons. The van der Waals surface area contributed by atoms with E-state index in [1.807, 2.05) is 31.3 Å². The third kappa shape index (κ3) is 4.00. The predicted octanol–water partition coefficient (Wildman–Crippen LogP) is 3.56. The first kappa shape index (κ1) is 17.5. The number of carbonyl (C=O) groups excluding carboxylic acids is 1. The number of rotatable bonds is 5. The highest BCUT2D eigenvalue weighted by molar-refractivity contribution is 5.87. The number of hydrogen-bond donors (Lipinski definition) is 2. The molecule has 2 aromatic carbocycles. The number of anilines is 1. The van der Waals surface area contributed by atoms with Gasteiger partial charge >= 0.3 is 6.03 Å². The molecule has 0 saturated heterocycles. The van der Waals surface area contributed by atoms with Crippen molar-refractivity contribution in [3.05, 3.63) is 66.1 Å². The minimum absolute atomic E-state index is 0.294. The second-order valence-corrected chi connectivity index (χ2v) is 5.69. The van der Waals surface area contributed by atoms with E-state index in [1.165, 1.54) is 12.1 Å². The summed E-state index contributed by atoms with van der Waals surface area (Å²) in [7, 11) is 3.44. The van der Waals surface area contributed by atoms with Gasteiger partial charge < -0.3 is 14.6 Å². The van der Waals surface area contributed by atoms with Gasteiger partial charge in [-0.15, -0.1) is 0 Å². The van der Waals surface area contributed by atoms with Crippen LogP contribution in [0.4, 0.5) is 15.1 Å². The van der Waals surface area contributed by atoms with Crippen LogP contribution >= 0.6 is 0 Å². The van der Waals surface area contributed by atoms with Gasteiger partial charge in [-0.25, -0.2) is 14.2 Å². The molecule has 0 bridgehead atoms. The van der Waals surface area contributed by atoms with Crippen LogP contribution in [0.3, 0.4) is 0 Å². The van der Waals surface area contributed by atoms with Crippen molar-refractivity contribution in [1.82, 2.24) is 14.9 Å². The Morgan fingerprint density at radius 1 is 1.15 bits per heavy atom. The number of ether oxygens (including phenoxy) is 1. The molecule has 1 aromatic heterocycles. The lowest BCUT2D eigenvalue weighted by Gasteiger charge is -2.09. The smallest absolute Gasteiger partial charge is 0.321 e. The molecule has 2 N–H and O–H groups in total. The molecule has 0 saturated carbocycles. The maximum Gasteiger partial charge on any atom is 0.321 e. The molecular formula is C19H19FN4O2. The van der Waals surface area contributed by atoms with Gasteiger partial charge in [0.2, 0.25) is 5.95 Å². The summed E-state index contributed by atoms with van der Waals surface area (Å²) >= 11 is 0. The molecule has 0 radical (unpaired) electrons. The van der Waals surface area contributed by atoms with E-state index in [4.69, 9.17) is 4.74 Å². The third-order valence-corrected chi connectivity index (χ3v) is 3.97. The van der Waals surface area contributed by atoms with Crippen molar-refractivity contribution in [1.29, 1.82) is 0 Å². The lowest BCUT2D eigenvalue weighted by Crippen LogP contribution is -2.29. The Balaban J connectivity index is 1.63. The first-order chi connectivity index (χ1) is 12.6. The first-order valence-electron chi connectivity index (χ1n) is 8.02. The molecule has 3 rings (SSSR count). The van der Waals surface area contributed by atoms with Gasteiger partial charge in [0.1, 0.15) is 11.6 Å². The highest BCUT2D eigenvalue weighted by Crippen LogP contribution is 2.24. The van der Waals surface area contributed by atoms with Crippen LogP contribution in [0.2, 0.25) is 0 Å². The molecule has 0 unspecified atom stereocenters. The summed E-state index contributed by atoms with van der Waals surface area (Å²) in [6.07, 6.45) is 1.69. The molecule has 26 heavy (non-hydrogen) atoms. The van der Waals surface area contributed by atoms with Crippen molar-refractivity contribution in [3.63, 3.8) is 0 Å². The van der Waals surface area contributed by atoms with Gasteiger partial charge in [-0.1, -0.05) is 12.1 Å². The second kappa shape index (κ2) is 7.69. The van der Waals surface area contributed by atoms with Crippen molar-refractivity contribution < 1.29 is 13.9 Å². The number of urea groups is 1. The third-order valence-electron chi connectivity index (χ3n) is 3.97. The number of methoxy groups -OCH3 is 1. The summed E-state index contributed by atoms with van der Waals surface area (Å²) in [6, 6.07) is 13.2. The summed E-state index contributed by atoms with van der Waals surface area (Å²) in [6.45, 7) is 0.294. The van der Waals surface area contributed by atoms with Crippen molar-refractivity contribution in [3.8, 4) is 17.0 Å². The van der Waals surface area contributed by atoms with E-state index in [9.17, 15) is 9.18 Å². The molecular weight excluding hydrogens is 335 g/mol. The van der Waals surface area contributed by atoms with E-state index in [1.54, 1.807) is 30.0 Å². The molecule has 0 aliphatic rings. The van der Waals surface area contributed by atoms with Gasteiger partial charge in [-0.05, 0) is 42.0 Å². The summed E-state index contributed by atoms with van der Waals surface area (Å²) in [5.41, 5.74) is 2.63. The molecule has 2 amide bonds. The summed E-state index contributed by atoms with van der Waals surface area (Å²) < 4.78 is 19.8. The largest absolute Gasteiger partial charge is 0.497 e. The average Bonchev–Trinajstić information content (AvgIpc) is 3.02. The molecule has 0 atom stereocenters. The zero-order valence-corrected chi connectivity index (χ0v) is 14.5. The normalized spacial score (nSPS) is 10.4. The monoisotopic (exact) mass is 354 g/mol. The van der Waals surface area contributed by atoms with E-state index in [0.717, 1.165) is 22.6 Å². The molecule has 3 aromatic rings. The number of amides is 2. The molecule has 0 fully saturated rings. The summed E-state index contributed by atoms with van der Waals surface area (Å²) in [4.78, 5) is 16.3. The molecule has 7 heteroatoms. The predicted molar refractivity (Wildman–Crippen MR) is 97.5 cm³/mol. The fourth-order valence-corrected chi connectivity index (χ4v) is 2.49. The van der Waals surface area contributed by atoms with Gasteiger partial charge in [-0.3, -0.25) is 5.32 Å². The Hall–Kier alpha value is -3.35. The molecule has 1 heterocycles. The van der Waals surface area contributed by atoms with Crippen molar-refractivity contribution in [2.75, 3.05) is 12.4 Å². The zero-order valence-electron chi connectivity index (χ0n) is 14.5. The minimum atomic E-state index is -0.385. The van der Waals surface area contributed by atoms with Crippen molar-refractivity contribution in [2.45, 2.75) is 6.54 Å². The van der Waals surface area contributed by atoms with Crippen LogP contribution < -0.4 is 15.4 Å². The van der Waals surface area contributed by atoms with Crippen LogP contribution in [-0.4, -0.2) is 22.7 Å². The van der Waals surface area contributed by atoms with Crippen LogP contribution in [0.15, 0.2) is 54.7 Å². The highest BCUT2D eigenvalue weighted by Gasteiger charge is 2.11. The Morgan fingerprint density at radius 3 is 2.50 bits per heavy atom. The van der Waals surface area contributed by atoms with E-state index in [0.29, 0.717) is 12.5 Å². The molecule has 6 nitrogen and oxygen atoms in total. The number of benzene rings is 2. The summed E-state index contributed by atoms with van der Waals surface area (Å²) in [5.74, 6) is 0.888. The number of aromatic nitrogens is 2. The van der Waals surface area contributed by atoms with Gasteiger partial charge in [0.25, 0.3) is 0 Å². The zero-order chi connectivity index (χ0) is 18.5. The van der Waals surface area contributed by atoms with Crippen LogP contribution in [-0.2, 0) is 13.6 Å². The first-order valence-corrected chi connectivity index (χ1v) is 8.02. The number of nitrogens with zero attached hydrogens (tertiary/aromatic N) is 2. The van der Waals surface area contributed by atoms with E-state index < -0.39 is 0 Å². The standard InChI is InChI=1S/C19H19FN4O2/c1-24-17(14-5-9-16(26-2)10-6-14)12-21-18(24)23-19(25)22-11-13-3-7-15(20)8-4-13/h3-10,12H,11H2,1-2H3,(H2,21,22,23,25). The van der Waals surface area contributed by atoms with E-state index in [-0.39, 0.29) is 11.8 Å². The Morgan fingerprint density at radius 2 is 1.85 bits per heavy atom. The maximum absolute atomic E-state index is 12.9. The van der Waals surface area contributed by atoms with Crippen molar-refractivity contribution in [2.24, 2.45) is 7.05 Å². The van der Waals surface area contributed by atoms with Crippen LogP contribution in [0.1, 0.15) is 5.56 Å². The SMILES string of the molecule is COc1ccc(-c2cnc(NC(=O)NCc3ccc(F)cc3)n2C)cc1. The molecule has 0 aliphatic carbocycles. The second-order valence-electron chi connectivity index (χ2n) is 5.69. The number of hydrogen-bond acceptors (Lipinski definition) is 3. The van der Waals surface area contributed by atoms with Gasteiger partial charge in [0.05, 0.1) is 19.0 Å². The fraction of sp³-hybridized carbons (Fsp3) is 0.158. The topological polar surface area (TPSA) is 68.2 Å². The number of halogens is 1. The number of nitrogens with one attached hydrogen (secondary N) is 2.